The van der Waals surface area contributed by atoms with Crippen LogP contribution >= 0.6 is 0 Å². The number of aromatic nitrogens is 3. The second-order valence-electron chi connectivity index (χ2n) is 9.59. The second kappa shape index (κ2) is 9.48. The first-order valence-corrected chi connectivity index (χ1v) is 12.1. The van der Waals surface area contributed by atoms with Gasteiger partial charge in [0.05, 0.1) is 0 Å². The minimum absolute atomic E-state index is 0.146. The lowest BCUT2D eigenvalue weighted by Gasteiger charge is -2.37. The van der Waals surface area contributed by atoms with Gasteiger partial charge in [-0.15, -0.1) is 10.2 Å². The summed E-state index contributed by atoms with van der Waals surface area (Å²) in [6, 6.07) is 19.0. The van der Waals surface area contributed by atoms with Crippen molar-refractivity contribution in [3.05, 3.63) is 82.9 Å². The standard InChI is InChI=1S/C27H33N5O/c1-20-28-29-26-12-11-24(19-31(20)26)22-9-6-10-23(17-22)27(33)32(18-21-7-4-3-5-8-21)25-13-15-30(2)16-14-25/h3-10,17,24-25H,11-16,18-19H2,1-2H3. The molecule has 5 rings (SSSR count). The van der Waals surface area contributed by atoms with Crippen molar-refractivity contribution in [1.29, 1.82) is 0 Å². The molecule has 172 valence electrons. The summed E-state index contributed by atoms with van der Waals surface area (Å²) in [5.74, 6) is 2.57. The number of likely N-dealkylation sites (tertiary alicyclic amines) is 1. The number of carbonyl (C=O) groups is 1. The summed E-state index contributed by atoms with van der Waals surface area (Å²) in [6.07, 6.45) is 4.01. The molecule has 0 N–H and O–H groups in total. The van der Waals surface area contributed by atoms with Crippen molar-refractivity contribution >= 4 is 5.91 Å². The third kappa shape index (κ3) is 4.71. The average Bonchev–Trinajstić information content (AvgIpc) is 3.23. The highest BCUT2D eigenvalue weighted by Crippen LogP contribution is 2.30. The molecule has 1 amide bonds. The second-order valence-corrected chi connectivity index (χ2v) is 9.59. The van der Waals surface area contributed by atoms with Crippen LogP contribution in [0, 0.1) is 6.92 Å². The summed E-state index contributed by atoms with van der Waals surface area (Å²) < 4.78 is 2.23. The molecule has 1 aromatic heterocycles. The van der Waals surface area contributed by atoms with Crippen LogP contribution in [0.5, 0.6) is 0 Å². The van der Waals surface area contributed by atoms with Gasteiger partial charge < -0.3 is 14.4 Å². The van der Waals surface area contributed by atoms with Gasteiger partial charge in [-0.2, -0.15) is 0 Å². The highest BCUT2D eigenvalue weighted by atomic mass is 16.2. The minimum Gasteiger partial charge on any atom is -0.331 e. The maximum atomic E-state index is 13.9. The van der Waals surface area contributed by atoms with E-state index in [0.717, 1.165) is 62.5 Å². The summed E-state index contributed by atoms with van der Waals surface area (Å²) in [7, 11) is 2.16. The molecule has 0 spiro atoms. The zero-order valence-corrected chi connectivity index (χ0v) is 19.7. The van der Waals surface area contributed by atoms with Crippen molar-refractivity contribution in [3.63, 3.8) is 0 Å². The van der Waals surface area contributed by atoms with Crippen LogP contribution in [0.25, 0.3) is 0 Å². The van der Waals surface area contributed by atoms with E-state index < -0.39 is 0 Å². The first kappa shape index (κ1) is 21.8. The molecule has 0 radical (unpaired) electrons. The predicted octanol–water partition coefficient (Wildman–Crippen LogP) is 4.05. The van der Waals surface area contributed by atoms with Gasteiger partial charge in [0.25, 0.3) is 5.91 Å². The minimum atomic E-state index is 0.146. The summed E-state index contributed by atoms with van der Waals surface area (Å²) >= 11 is 0. The molecule has 1 unspecified atom stereocenters. The summed E-state index contributed by atoms with van der Waals surface area (Å²) in [5, 5.41) is 8.54. The number of aryl methyl sites for hydroxylation is 2. The first-order chi connectivity index (χ1) is 16.1. The smallest absolute Gasteiger partial charge is 0.254 e. The van der Waals surface area contributed by atoms with E-state index in [1.54, 1.807) is 0 Å². The van der Waals surface area contributed by atoms with E-state index in [-0.39, 0.29) is 11.9 Å². The highest BCUT2D eigenvalue weighted by Gasteiger charge is 2.29. The van der Waals surface area contributed by atoms with Crippen LogP contribution in [0.3, 0.4) is 0 Å². The summed E-state index contributed by atoms with van der Waals surface area (Å²) in [6.45, 7) is 5.62. The number of nitrogens with zero attached hydrogens (tertiary/aromatic N) is 5. The van der Waals surface area contributed by atoms with Crippen LogP contribution in [-0.2, 0) is 19.5 Å². The number of hydrogen-bond donors (Lipinski definition) is 0. The number of hydrogen-bond acceptors (Lipinski definition) is 4. The lowest BCUT2D eigenvalue weighted by molar-refractivity contribution is 0.0569. The Morgan fingerprint density at radius 2 is 1.82 bits per heavy atom. The molecule has 3 heterocycles. The van der Waals surface area contributed by atoms with Crippen molar-refractivity contribution in [1.82, 2.24) is 24.6 Å². The Morgan fingerprint density at radius 1 is 1.03 bits per heavy atom. The number of rotatable bonds is 5. The molecule has 2 aliphatic heterocycles. The molecule has 1 saturated heterocycles. The van der Waals surface area contributed by atoms with Crippen LogP contribution in [0.2, 0.25) is 0 Å². The summed E-state index contributed by atoms with van der Waals surface area (Å²) in [5.41, 5.74) is 3.22. The van der Waals surface area contributed by atoms with E-state index in [9.17, 15) is 4.79 Å². The molecule has 2 aromatic carbocycles. The largest absolute Gasteiger partial charge is 0.331 e. The Morgan fingerprint density at radius 3 is 2.61 bits per heavy atom. The van der Waals surface area contributed by atoms with E-state index in [0.29, 0.717) is 12.5 Å². The number of carbonyl (C=O) groups excluding carboxylic acids is 1. The Kier molecular flexibility index (Phi) is 6.27. The summed E-state index contributed by atoms with van der Waals surface area (Å²) in [4.78, 5) is 18.3. The van der Waals surface area contributed by atoms with Gasteiger partial charge in [-0.25, -0.2) is 0 Å². The lowest BCUT2D eigenvalue weighted by atomic mass is 9.90. The first-order valence-electron chi connectivity index (χ1n) is 12.1. The molecule has 1 atom stereocenters. The molecule has 6 heteroatoms. The maximum absolute atomic E-state index is 13.9. The van der Waals surface area contributed by atoms with Gasteiger partial charge in [-0.1, -0.05) is 42.5 Å². The molecule has 0 bridgehead atoms. The topological polar surface area (TPSA) is 54.3 Å². The monoisotopic (exact) mass is 443 g/mol. The number of amides is 1. The van der Waals surface area contributed by atoms with Crippen molar-refractivity contribution in [2.24, 2.45) is 0 Å². The molecule has 0 aliphatic carbocycles. The van der Waals surface area contributed by atoms with Gasteiger partial charge in [-0.3, -0.25) is 4.79 Å². The molecule has 33 heavy (non-hydrogen) atoms. The zero-order valence-electron chi connectivity index (χ0n) is 19.7. The fraction of sp³-hybridized carbons (Fsp3) is 0.444. The Labute approximate surface area is 196 Å². The van der Waals surface area contributed by atoms with E-state index in [1.807, 2.05) is 25.1 Å². The van der Waals surface area contributed by atoms with Gasteiger partial charge in [0.2, 0.25) is 0 Å². The fourth-order valence-corrected chi connectivity index (χ4v) is 5.28. The fourth-order valence-electron chi connectivity index (χ4n) is 5.28. The molecular weight excluding hydrogens is 410 g/mol. The third-order valence-corrected chi connectivity index (χ3v) is 7.32. The third-order valence-electron chi connectivity index (χ3n) is 7.32. The Balaban J connectivity index is 1.39. The van der Waals surface area contributed by atoms with Gasteiger partial charge in [0, 0.05) is 37.0 Å². The van der Waals surface area contributed by atoms with E-state index >= 15 is 0 Å². The van der Waals surface area contributed by atoms with Crippen LogP contribution < -0.4 is 0 Å². The quantitative estimate of drug-likeness (QED) is 0.597. The normalized spacial score (nSPS) is 19.3. The van der Waals surface area contributed by atoms with Gasteiger partial charge in [0.1, 0.15) is 11.6 Å². The van der Waals surface area contributed by atoms with Gasteiger partial charge in [-0.05, 0) is 69.6 Å². The van der Waals surface area contributed by atoms with Gasteiger partial charge >= 0.3 is 0 Å². The van der Waals surface area contributed by atoms with E-state index in [4.69, 9.17) is 0 Å². The molecule has 6 nitrogen and oxygen atoms in total. The lowest BCUT2D eigenvalue weighted by Crippen LogP contribution is -2.46. The number of piperidine rings is 1. The van der Waals surface area contributed by atoms with Crippen LogP contribution in [0.4, 0.5) is 0 Å². The van der Waals surface area contributed by atoms with E-state index in [1.165, 1.54) is 11.1 Å². The SMILES string of the molecule is Cc1nnc2n1CC(c1cccc(C(=O)N(Cc3ccccc3)C3CCN(C)CC3)c1)CC2. The van der Waals surface area contributed by atoms with Crippen LogP contribution in [-0.4, -0.2) is 56.7 Å². The number of benzene rings is 2. The maximum Gasteiger partial charge on any atom is 0.254 e. The average molecular weight is 444 g/mol. The number of fused-ring (bicyclic) bond motifs is 1. The van der Waals surface area contributed by atoms with Gasteiger partial charge in [0.15, 0.2) is 0 Å². The van der Waals surface area contributed by atoms with Crippen LogP contribution in [0.1, 0.15) is 58.3 Å². The molecule has 0 saturated carbocycles. The van der Waals surface area contributed by atoms with Crippen molar-refractivity contribution < 1.29 is 4.79 Å². The molecule has 2 aliphatic rings. The predicted molar refractivity (Wildman–Crippen MR) is 129 cm³/mol. The van der Waals surface area contributed by atoms with Crippen molar-refractivity contribution in [2.45, 2.75) is 57.7 Å². The van der Waals surface area contributed by atoms with Crippen LogP contribution in [0.15, 0.2) is 54.6 Å². The molecule has 3 aromatic rings. The van der Waals surface area contributed by atoms with Crippen molar-refractivity contribution in [3.8, 4) is 0 Å². The van der Waals surface area contributed by atoms with E-state index in [2.05, 4.69) is 68.0 Å². The Bertz CT molecular complexity index is 1100. The highest BCUT2D eigenvalue weighted by molar-refractivity contribution is 5.94. The molecular formula is C27H33N5O. The molecule has 1 fully saturated rings. The van der Waals surface area contributed by atoms with Crippen molar-refractivity contribution in [2.75, 3.05) is 20.1 Å². The Hall–Kier alpha value is -2.99. The zero-order chi connectivity index (χ0) is 22.8.